The van der Waals surface area contributed by atoms with E-state index in [1.54, 1.807) is 6.07 Å². The lowest BCUT2D eigenvalue weighted by Crippen LogP contribution is -2.23. The highest BCUT2D eigenvalue weighted by molar-refractivity contribution is 7.13. The predicted molar refractivity (Wildman–Crippen MR) is 62.5 cm³/mol. The largest absolute Gasteiger partial charge is 0.477 e. The van der Waals surface area contributed by atoms with Gasteiger partial charge in [-0.05, 0) is 18.7 Å². The Morgan fingerprint density at radius 3 is 2.88 bits per heavy atom. The minimum absolute atomic E-state index is 0.367. The van der Waals surface area contributed by atoms with E-state index in [1.807, 2.05) is 13.0 Å². The van der Waals surface area contributed by atoms with Crippen molar-refractivity contribution in [3.63, 3.8) is 0 Å². The van der Waals surface area contributed by atoms with Crippen LogP contribution in [0.2, 0.25) is 0 Å². The molecule has 0 bridgehead atoms. The molecule has 0 atom stereocenters. The van der Waals surface area contributed by atoms with Gasteiger partial charge in [0.2, 0.25) is 0 Å². The molecular weight excluding hydrogens is 224 g/mol. The second kappa shape index (κ2) is 6.26. The van der Waals surface area contributed by atoms with E-state index < -0.39 is 5.97 Å². The van der Waals surface area contributed by atoms with Crippen molar-refractivity contribution < 1.29 is 9.90 Å². The Morgan fingerprint density at radius 1 is 1.62 bits per heavy atom. The fourth-order valence-corrected chi connectivity index (χ4v) is 2.24. The van der Waals surface area contributed by atoms with Crippen molar-refractivity contribution in [2.24, 2.45) is 0 Å². The van der Waals surface area contributed by atoms with E-state index in [1.165, 1.54) is 11.3 Å². The van der Waals surface area contributed by atoms with Gasteiger partial charge in [-0.1, -0.05) is 6.92 Å². The fraction of sp³-hybridized carbons (Fsp3) is 0.455. The lowest BCUT2D eigenvalue weighted by molar-refractivity contribution is 0.0702. The van der Waals surface area contributed by atoms with Gasteiger partial charge in [-0.15, -0.1) is 11.3 Å². The minimum Gasteiger partial charge on any atom is -0.477 e. The Bertz CT molecular complexity index is 395. The van der Waals surface area contributed by atoms with Gasteiger partial charge in [0.15, 0.2) is 0 Å². The van der Waals surface area contributed by atoms with Crippen molar-refractivity contribution >= 4 is 17.3 Å². The quantitative estimate of drug-likeness (QED) is 0.825. The van der Waals surface area contributed by atoms with Crippen molar-refractivity contribution in [2.75, 3.05) is 13.1 Å². The average Bonchev–Trinajstić information content (AvgIpc) is 2.72. The van der Waals surface area contributed by atoms with E-state index in [0.717, 1.165) is 24.5 Å². The third-order valence-electron chi connectivity index (χ3n) is 2.24. The van der Waals surface area contributed by atoms with E-state index in [9.17, 15) is 4.79 Å². The summed E-state index contributed by atoms with van der Waals surface area (Å²) in [5, 5.41) is 17.3. The molecule has 0 aromatic carbocycles. The molecule has 1 aromatic rings. The standard InChI is InChI=1S/C11H14N2O2S/c1-2-13(7-3-6-12)8-9-4-5-10(16-9)11(14)15/h4-5H,2-3,7-8H2,1H3,(H,14,15). The molecule has 16 heavy (non-hydrogen) atoms. The van der Waals surface area contributed by atoms with Crippen LogP contribution in [0, 0.1) is 11.3 Å². The van der Waals surface area contributed by atoms with Crippen LogP contribution in [0.15, 0.2) is 12.1 Å². The number of carboxylic acid groups (broad SMARTS) is 1. The molecule has 0 saturated heterocycles. The monoisotopic (exact) mass is 238 g/mol. The van der Waals surface area contributed by atoms with Gasteiger partial charge in [0.1, 0.15) is 4.88 Å². The fourth-order valence-electron chi connectivity index (χ4n) is 1.36. The Morgan fingerprint density at radius 2 is 2.38 bits per heavy atom. The number of nitriles is 1. The second-order valence-corrected chi connectivity index (χ2v) is 4.52. The summed E-state index contributed by atoms with van der Waals surface area (Å²) in [4.78, 5) is 14.2. The highest BCUT2D eigenvalue weighted by atomic mass is 32.1. The molecule has 0 radical (unpaired) electrons. The molecule has 4 nitrogen and oxygen atoms in total. The van der Waals surface area contributed by atoms with Gasteiger partial charge in [0, 0.05) is 24.4 Å². The van der Waals surface area contributed by atoms with Gasteiger partial charge in [0.05, 0.1) is 6.07 Å². The molecule has 1 rings (SSSR count). The highest BCUT2D eigenvalue weighted by Crippen LogP contribution is 2.18. The number of hydrogen-bond donors (Lipinski definition) is 1. The van der Waals surface area contributed by atoms with E-state index in [2.05, 4.69) is 11.0 Å². The van der Waals surface area contributed by atoms with Crippen LogP contribution in [-0.2, 0) is 6.54 Å². The predicted octanol–water partition coefficient (Wildman–Crippen LogP) is 2.18. The summed E-state index contributed by atoms with van der Waals surface area (Å²) < 4.78 is 0. The first kappa shape index (κ1) is 12.7. The molecule has 0 amide bonds. The molecule has 5 heteroatoms. The number of aromatic carboxylic acids is 1. The summed E-state index contributed by atoms with van der Waals surface area (Å²) in [5.74, 6) is -0.878. The normalized spacial score (nSPS) is 10.3. The van der Waals surface area contributed by atoms with Gasteiger partial charge < -0.3 is 5.11 Å². The van der Waals surface area contributed by atoms with Crippen molar-refractivity contribution in [1.82, 2.24) is 4.90 Å². The molecule has 0 unspecified atom stereocenters. The zero-order chi connectivity index (χ0) is 12.0. The smallest absolute Gasteiger partial charge is 0.345 e. The van der Waals surface area contributed by atoms with Gasteiger partial charge in [0.25, 0.3) is 0 Å². The second-order valence-electron chi connectivity index (χ2n) is 3.35. The third-order valence-corrected chi connectivity index (χ3v) is 3.30. The summed E-state index contributed by atoms with van der Waals surface area (Å²) in [6, 6.07) is 5.57. The SMILES string of the molecule is CCN(CCC#N)Cc1ccc(C(=O)O)s1. The van der Waals surface area contributed by atoms with Crippen molar-refractivity contribution in [2.45, 2.75) is 19.9 Å². The first-order valence-corrected chi connectivity index (χ1v) is 5.90. The van der Waals surface area contributed by atoms with Crippen molar-refractivity contribution in [1.29, 1.82) is 5.26 Å². The van der Waals surface area contributed by atoms with E-state index in [0.29, 0.717) is 11.3 Å². The number of hydrogen-bond acceptors (Lipinski definition) is 4. The van der Waals surface area contributed by atoms with Crippen LogP contribution in [0.5, 0.6) is 0 Å². The van der Waals surface area contributed by atoms with Crippen LogP contribution in [0.25, 0.3) is 0 Å². The average molecular weight is 238 g/mol. The zero-order valence-electron chi connectivity index (χ0n) is 9.14. The molecule has 0 fully saturated rings. The van der Waals surface area contributed by atoms with Crippen LogP contribution < -0.4 is 0 Å². The molecule has 1 aromatic heterocycles. The summed E-state index contributed by atoms with van der Waals surface area (Å²) in [5.41, 5.74) is 0. The van der Waals surface area contributed by atoms with Crippen molar-refractivity contribution in [3.05, 3.63) is 21.9 Å². The maximum Gasteiger partial charge on any atom is 0.345 e. The summed E-state index contributed by atoms with van der Waals surface area (Å²) in [6.45, 7) is 4.34. The van der Waals surface area contributed by atoms with Crippen LogP contribution in [-0.4, -0.2) is 29.1 Å². The summed E-state index contributed by atoms with van der Waals surface area (Å²) in [6.07, 6.45) is 0.505. The van der Waals surface area contributed by atoms with Crippen LogP contribution >= 0.6 is 11.3 Å². The zero-order valence-corrected chi connectivity index (χ0v) is 9.96. The van der Waals surface area contributed by atoms with Crippen molar-refractivity contribution in [3.8, 4) is 6.07 Å². The summed E-state index contributed by atoms with van der Waals surface area (Å²) >= 11 is 1.29. The molecule has 86 valence electrons. The topological polar surface area (TPSA) is 64.3 Å². The summed E-state index contributed by atoms with van der Waals surface area (Å²) in [7, 11) is 0. The number of rotatable bonds is 6. The van der Waals surface area contributed by atoms with Gasteiger partial charge in [-0.2, -0.15) is 5.26 Å². The van der Waals surface area contributed by atoms with Crippen LogP contribution in [0.1, 0.15) is 27.9 Å². The number of carboxylic acids is 1. The van der Waals surface area contributed by atoms with E-state index in [-0.39, 0.29) is 0 Å². The minimum atomic E-state index is -0.878. The number of thiophene rings is 1. The number of carbonyl (C=O) groups is 1. The lowest BCUT2D eigenvalue weighted by atomic mass is 10.3. The first-order valence-electron chi connectivity index (χ1n) is 5.08. The van der Waals surface area contributed by atoms with Gasteiger partial charge in [-0.25, -0.2) is 4.79 Å². The van der Waals surface area contributed by atoms with Gasteiger partial charge in [-0.3, -0.25) is 4.90 Å². The molecule has 0 saturated carbocycles. The molecule has 0 aliphatic carbocycles. The first-order chi connectivity index (χ1) is 7.67. The van der Waals surface area contributed by atoms with E-state index in [4.69, 9.17) is 10.4 Å². The molecular formula is C11H14N2O2S. The maximum atomic E-state index is 10.7. The molecule has 1 heterocycles. The number of nitrogens with zero attached hydrogens (tertiary/aromatic N) is 2. The Kier molecular flexibility index (Phi) is 4.96. The maximum absolute atomic E-state index is 10.7. The Hall–Kier alpha value is -1.38. The van der Waals surface area contributed by atoms with Crippen LogP contribution in [0.4, 0.5) is 0 Å². The lowest BCUT2D eigenvalue weighted by Gasteiger charge is -2.17. The molecule has 0 aliphatic heterocycles. The van der Waals surface area contributed by atoms with Gasteiger partial charge >= 0.3 is 5.97 Å². The Labute approximate surface area is 98.7 Å². The molecule has 0 aliphatic rings. The van der Waals surface area contributed by atoms with Crippen LogP contribution in [0.3, 0.4) is 0 Å². The Balaban J connectivity index is 2.57. The highest BCUT2D eigenvalue weighted by Gasteiger charge is 2.09. The third kappa shape index (κ3) is 3.65. The molecule has 1 N–H and O–H groups in total. The molecule has 0 spiro atoms. The van der Waals surface area contributed by atoms with E-state index >= 15 is 0 Å².